The molecule has 2 atom stereocenters. The van der Waals surface area contributed by atoms with Crippen molar-refractivity contribution in [1.29, 1.82) is 0 Å². The molecule has 0 radical (unpaired) electrons. The van der Waals surface area contributed by atoms with Crippen molar-refractivity contribution >= 4 is 27.6 Å². The maximum absolute atomic E-state index is 13.0. The Bertz CT molecular complexity index is 892. The van der Waals surface area contributed by atoms with Gasteiger partial charge in [-0.2, -0.15) is 4.31 Å². The molecule has 1 aromatic heterocycles. The number of thioether (sulfide) groups is 1. The minimum absolute atomic E-state index is 0.0199. The summed E-state index contributed by atoms with van der Waals surface area (Å²) >= 11 is 1.50. The van der Waals surface area contributed by atoms with Crippen LogP contribution in [0.5, 0.6) is 5.75 Å². The largest absolute Gasteiger partial charge is 0.497 e. The van der Waals surface area contributed by atoms with Crippen molar-refractivity contribution in [3.8, 4) is 5.75 Å². The van der Waals surface area contributed by atoms with Crippen LogP contribution in [0.3, 0.4) is 0 Å². The van der Waals surface area contributed by atoms with Gasteiger partial charge in [-0.05, 0) is 43.0 Å². The van der Waals surface area contributed by atoms with E-state index in [0.29, 0.717) is 23.7 Å². The van der Waals surface area contributed by atoms with Gasteiger partial charge in [-0.1, -0.05) is 11.8 Å². The Morgan fingerprint density at radius 1 is 1.15 bits per heavy atom. The van der Waals surface area contributed by atoms with Crippen LogP contribution < -0.4 is 9.64 Å². The van der Waals surface area contributed by atoms with Crippen molar-refractivity contribution < 1.29 is 13.2 Å². The lowest BCUT2D eigenvalue weighted by Crippen LogP contribution is -2.70. The molecule has 2 aromatic rings. The van der Waals surface area contributed by atoms with Crippen molar-refractivity contribution in [2.24, 2.45) is 0 Å². The number of rotatable bonds is 5. The molecule has 2 unspecified atom stereocenters. The number of anilines is 1. The van der Waals surface area contributed by atoms with Gasteiger partial charge in [0.2, 0.25) is 10.0 Å². The average Bonchev–Trinajstić information content (AvgIpc) is 2.67. The molecule has 26 heavy (non-hydrogen) atoms. The number of methoxy groups -OCH3 is 1. The molecule has 0 spiro atoms. The summed E-state index contributed by atoms with van der Waals surface area (Å²) in [6, 6.07) is 8.41. The van der Waals surface area contributed by atoms with Crippen molar-refractivity contribution in [2.75, 3.05) is 31.4 Å². The summed E-state index contributed by atoms with van der Waals surface area (Å²) in [6.07, 6.45) is 4.59. The van der Waals surface area contributed by atoms with Crippen molar-refractivity contribution in [3.63, 3.8) is 0 Å². The number of piperidine rings is 1. The van der Waals surface area contributed by atoms with Gasteiger partial charge in [0, 0.05) is 31.4 Å². The fraction of sp³-hybridized carbons (Fsp3) is 0.412. The smallest absolute Gasteiger partial charge is 0.243 e. The number of hydrogen-bond acceptors (Lipinski definition) is 7. The van der Waals surface area contributed by atoms with Gasteiger partial charge < -0.3 is 9.64 Å². The predicted octanol–water partition coefficient (Wildman–Crippen LogP) is 1.86. The van der Waals surface area contributed by atoms with Crippen LogP contribution in [-0.2, 0) is 10.0 Å². The van der Waals surface area contributed by atoms with E-state index in [1.165, 1.54) is 11.8 Å². The van der Waals surface area contributed by atoms with Gasteiger partial charge in [0.05, 0.1) is 12.0 Å². The molecule has 3 aliphatic heterocycles. The first-order valence-electron chi connectivity index (χ1n) is 8.32. The third-order valence-corrected chi connectivity index (χ3v) is 7.47. The zero-order chi connectivity index (χ0) is 18.3. The fourth-order valence-corrected chi connectivity index (χ4v) is 5.80. The monoisotopic (exact) mass is 392 g/mol. The molecule has 5 rings (SSSR count). The van der Waals surface area contributed by atoms with Gasteiger partial charge in [0.1, 0.15) is 11.6 Å². The van der Waals surface area contributed by atoms with E-state index < -0.39 is 10.0 Å². The molecule has 138 valence electrons. The first-order chi connectivity index (χ1) is 12.5. The van der Waals surface area contributed by atoms with Crippen LogP contribution in [0.25, 0.3) is 0 Å². The van der Waals surface area contributed by atoms with Crippen molar-refractivity contribution in [2.45, 2.75) is 28.6 Å². The standard InChI is InChI=1S/C17H20N4O3S2/c1-24-14-3-5-15(6-4-14)26(22,23)21-12-9-13(21)11-20(10-12)16-7-8-18-17(19-16)25-2/h3-8,12-13H,9-11H2,1-2H3. The number of nitrogens with zero attached hydrogens (tertiary/aromatic N) is 4. The van der Waals surface area contributed by atoms with Crippen LogP contribution in [0.15, 0.2) is 46.6 Å². The van der Waals surface area contributed by atoms with Gasteiger partial charge in [0.25, 0.3) is 0 Å². The van der Waals surface area contributed by atoms with Crippen LogP contribution in [0.1, 0.15) is 6.42 Å². The molecule has 3 aliphatic rings. The lowest BCUT2D eigenvalue weighted by molar-refractivity contribution is 0.0874. The summed E-state index contributed by atoms with van der Waals surface area (Å²) in [7, 11) is -1.93. The highest BCUT2D eigenvalue weighted by atomic mass is 32.2. The first-order valence-corrected chi connectivity index (χ1v) is 11.0. The molecule has 0 aliphatic carbocycles. The van der Waals surface area contributed by atoms with E-state index in [9.17, 15) is 8.42 Å². The maximum Gasteiger partial charge on any atom is 0.243 e. The highest BCUT2D eigenvalue weighted by Crippen LogP contribution is 2.39. The Balaban J connectivity index is 1.53. The molecule has 0 amide bonds. The van der Waals surface area contributed by atoms with E-state index in [-0.39, 0.29) is 12.1 Å². The van der Waals surface area contributed by atoms with Gasteiger partial charge >= 0.3 is 0 Å². The molecule has 9 heteroatoms. The third-order valence-electron chi connectivity index (χ3n) is 4.89. The van der Waals surface area contributed by atoms with E-state index in [1.54, 1.807) is 41.9 Å². The van der Waals surface area contributed by atoms with Crippen LogP contribution in [0.4, 0.5) is 5.82 Å². The van der Waals surface area contributed by atoms with Gasteiger partial charge in [-0.3, -0.25) is 0 Å². The number of hydrogen-bond donors (Lipinski definition) is 0. The van der Waals surface area contributed by atoms with Crippen LogP contribution >= 0.6 is 11.8 Å². The summed E-state index contributed by atoms with van der Waals surface area (Å²) in [5, 5.41) is 0.726. The number of ether oxygens (including phenoxy) is 1. The van der Waals surface area contributed by atoms with Gasteiger partial charge in [0.15, 0.2) is 5.16 Å². The van der Waals surface area contributed by atoms with E-state index in [4.69, 9.17) is 4.74 Å². The Labute approximate surface area is 157 Å². The van der Waals surface area contributed by atoms with E-state index in [2.05, 4.69) is 14.9 Å². The summed E-state index contributed by atoms with van der Waals surface area (Å²) in [6.45, 7) is 1.30. The molecule has 3 saturated heterocycles. The molecule has 0 N–H and O–H groups in total. The van der Waals surface area contributed by atoms with Gasteiger partial charge in [-0.15, -0.1) is 0 Å². The van der Waals surface area contributed by atoms with Crippen molar-refractivity contribution in [3.05, 3.63) is 36.5 Å². The highest BCUT2D eigenvalue weighted by Gasteiger charge is 2.51. The number of fused-ring (bicyclic) bond motifs is 2. The lowest BCUT2D eigenvalue weighted by Gasteiger charge is -2.55. The molecule has 2 bridgehead atoms. The summed E-state index contributed by atoms with van der Waals surface area (Å²) in [5.74, 6) is 1.51. The van der Waals surface area contributed by atoms with E-state index >= 15 is 0 Å². The van der Waals surface area contributed by atoms with E-state index in [1.807, 2.05) is 12.3 Å². The molecular weight excluding hydrogens is 372 g/mol. The Kier molecular flexibility index (Phi) is 4.54. The number of piperazine rings is 1. The van der Waals surface area contributed by atoms with Crippen LogP contribution in [-0.4, -0.2) is 61.2 Å². The second kappa shape index (κ2) is 6.71. The zero-order valence-electron chi connectivity index (χ0n) is 14.6. The predicted molar refractivity (Wildman–Crippen MR) is 100 cm³/mol. The Hall–Kier alpha value is -1.84. The third kappa shape index (κ3) is 2.93. The molecular formula is C17H20N4O3S2. The minimum atomic E-state index is -3.49. The quantitative estimate of drug-likeness (QED) is 0.568. The fourth-order valence-electron chi connectivity index (χ4n) is 3.63. The highest BCUT2D eigenvalue weighted by molar-refractivity contribution is 7.98. The van der Waals surface area contributed by atoms with Crippen molar-refractivity contribution in [1.82, 2.24) is 14.3 Å². The maximum atomic E-state index is 13.0. The topological polar surface area (TPSA) is 75.6 Å². The van der Waals surface area contributed by atoms with E-state index in [0.717, 1.165) is 17.4 Å². The van der Waals surface area contributed by atoms with Gasteiger partial charge in [-0.25, -0.2) is 18.4 Å². The second-order valence-electron chi connectivity index (χ2n) is 6.36. The summed E-state index contributed by atoms with van der Waals surface area (Å²) < 4.78 is 32.8. The summed E-state index contributed by atoms with van der Waals surface area (Å²) in [4.78, 5) is 11.2. The summed E-state index contributed by atoms with van der Waals surface area (Å²) in [5.41, 5.74) is 0. The first kappa shape index (κ1) is 17.6. The zero-order valence-corrected chi connectivity index (χ0v) is 16.2. The molecule has 3 fully saturated rings. The SMILES string of the molecule is COc1ccc(S(=O)(=O)N2C3CC2CN(c2ccnc(SC)n2)C3)cc1. The molecule has 0 saturated carbocycles. The molecule has 4 heterocycles. The van der Waals surface area contributed by atoms with Crippen LogP contribution in [0.2, 0.25) is 0 Å². The number of sulfonamides is 1. The second-order valence-corrected chi connectivity index (χ2v) is 8.98. The minimum Gasteiger partial charge on any atom is -0.497 e. The Morgan fingerprint density at radius 2 is 1.85 bits per heavy atom. The number of aromatic nitrogens is 2. The number of benzene rings is 1. The molecule has 7 nitrogen and oxygen atoms in total. The normalized spacial score (nSPS) is 22.8. The van der Waals surface area contributed by atoms with Crippen LogP contribution in [0, 0.1) is 0 Å². The average molecular weight is 393 g/mol. The molecule has 1 aromatic carbocycles. The lowest BCUT2D eigenvalue weighted by atomic mass is 9.91. The Morgan fingerprint density at radius 3 is 2.46 bits per heavy atom.